The summed E-state index contributed by atoms with van der Waals surface area (Å²) in [6, 6.07) is 7.70. The summed E-state index contributed by atoms with van der Waals surface area (Å²) in [6.07, 6.45) is 0. The van der Waals surface area contributed by atoms with Gasteiger partial charge in [0.1, 0.15) is 0 Å². The molecule has 0 aliphatic carbocycles. The largest absolute Gasteiger partial charge is 0.338 e. The Morgan fingerprint density at radius 1 is 1.47 bits per heavy atom. The summed E-state index contributed by atoms with van der Waals surface area (Å²) >= 11 is 7.53. The smallest absolute Gasteiger partial charge is 0.240 e. The fourth-order valence-corrected chi connectivity index (χ4v) is 2.33. The maximum atomic E-state index is 5.90. The topological polar surface area (TPSA) is 51.0 Å². The molecule has 4 nitrogen and oxygen atoms in total. The molecular weight excluding hydrogens is 258 g/mol. The lowest BCUT2D eigenvalue weighted by molar-refractivity contribution is 0.368. The van der Waals surface area contributed by atoms with E-state index in [-0.39, 0.29) is 0 Å². The molecule has 0 aliphatic heterocycles. The predicted molar refractivity (Wildman–Crippen MR) is 68.1 cm³/mol. The number of hydrogen-bond donors (Lipinski definition) is 1. The highest BCUT2D eigenvalue weighted by Crippen LogP contribution is 2.24. The molecule has 0 atom stereocenters. The van der Waals surface area contributed by atoms with Crippen LogP contribution < -0.4 is 5.32 Å². The van der Waals surface area contributed by atoms with Crippen LogP contribution in [0.25, 0.3) is 0 Å². The molecule has 1 aromatic carbocycles. The Labute approximate surface area is 109 Å². The Morgan fingerprint density at radius 2 is 2.35 bits per heavy atom. The second-order valence-electron chi connectivity index (χ2n) is 3.38. The lowest BCUT2D eigenvalue weighted by atomic mass is 10.4. The fraction of sp³-hybridized carbons (Fsp3) is 0.273. The van der Waals surface area contributed by atoms with E-state index in [1.54, 1.807) is 11.8 Å². The molecule has 2 rings (SSSR count). The molecular formula is C11H12ClN3OS. The van der Waals surface area contributed by atoms with E-state index < -0.39 is 0 Å². The summed E-state index contributed by atoms with van der Waals surface area (Å²) in [6.45, 7) is 0.592. The Balaban J connectivity index is 1.93. The van der Waals surface area contributed by atoms with Gasteiger partial charge >= 0.3 is 0 Å². The second-order valence-corrected chi connectivity index (χ2v) is 4.87. The molecule has 0 spiro atoms. The van der Waals surface area contributed by atoms with Crippen molar-refractivity contribution in [3.63, 3.8) is 0 Å². The van der Waals surface area contributed by atoms with Gasteiger partial charge < -0.3 is 9.84 Å². The van der Waals surface area contributed by atoms with Crippen LogP contribution in [0.5, 0.6) is 0 Å². The van der Waals surface area contributed by atoms with Crippen LogP contribution in [0.15, 0.2) is 33.7 Å². The van der Waals surface area contributed by atoms with E-state index in [0.717, 1.165) is 9.92 Å². The lowest BCUT2D eigenvalue weighted by Crippen LogP contribution is -2.05. The summed E-state index contributed by atoms with van der Waals surface area (Å²) < 4.78 is 5.05. The van der Waals surface area contributed by atoms with E-state index in [1.807, 2.05) is 31.3 Å². The normalized spacial score (nSPS) is 10.7. The van der Waals surface area contributed by atoms with E-state index in [0.29, 0.717) is 24.0 Å². The molecule has 0 saturated heterocycles. The Kier molecular flexibility index (Phi) is 4.42. The van der Waals surface area contributed by atoms with Crippen molar-refractivity contribution in [2.75, 3.05) is 7.05 Å². The zero-order chi connectivity index (χ0) is 12.1. The molecule has 1 N–H and O–H groups in total. The average molecular weight is 270 g/mol. The van der Waals surface area contributed by atoms with Crippen molar-refractivity contribution in [1.29, 1.82) is 0 Å². The molecule has 17 heavy (non-hydrogen) atoms. The van der Waals surface area contributed by atoms with Gasteiger partial charge in [0.2, 0.25) is 5.89 Å². The molecule has 0 radical (unpaired) electrons. The number of rotatable bonds is 5. The minimum atomic E-state index is 0.592. The number of nitrogens with one attached hydrogen (secondary N) is 1. The van der Waals surface area contributed by atoms with Crippen LogP contribution >= 0.6 is 23.4 Å². The van der Waals surface area contributed by atoms with Gasteiger partial charge in [-0.15, -0.1) is 11.8 Å². The number of aromatic nitrogens is 2. The van der Waals surface area contributed by atoms with E-state index in [1.165, 1.54) is 0 Å². The highest BCUT2D eigenvalue weighted by molar-refractivity contribution is 7.98. The third kappa shape index (κ3) is 3.73. The Morgan fingerprint density at radius 3 is 3.12 bits per heavy atom. The van der Waals surface area contributed by atoms with Crippen LogP contribution in [-0.4, -0.2) is 17.2 Å². The van der Waals surface area contributed by atoms with Gasteiger partial charge in [0.25, 0.3) is 0 Å². The van der Waals surface area contributed by atoms with Gasteiger partial charge in [0.15, 0.2) is 5.82 Å². The van der Waals surface area contributed by atoms with Gasteiger partial charge in [0.05, 0.1) is 12.3 Å². The lowest BCUT2D eigenvalue weighted by Gasteiger charge is -1.98. The molecule has 0 bridgehead atoms. The van der Waals surface area contributed by atoms with Gasteiger partial charge in [-0.3, -0.25) is 0 Å². The molecule has 0 fully saturated rings. The first-order valence-electron chi connectivity index (χ1n) is 5.12. The monoisotopic (exact) mass is 269 g/mol. The first-order chi connectivity index (χ1) is 8.28. The van der Waals surface area contributed by atoms with Crippen LogP contribution in [0.2, 0.25) is 5.02 Å². The molecule has 2 aromatic rings. The van der Waals surface area contributed by atoms with Crippen molar-refractivity contribution in [3.8, 4) is 0 Å². The average Bonchev–Trinajstić information content (AvgIpc) is 2.75. The zero-order valence-electron chi connectivity index (χ0n) is 9.31. The van der Waals surface area contributed by atoms with Crippen LogP contribution in [-0.2, 0) is 12.3 Å². The van der Waals surface area contributed by atoms with E-state index in [9.17, 15) is 0 Å². The molecule has 90 valence electrons. The molecule has 0 unspecified atom stereocenters. The number of hydrogen-bond acceptors (Lipinski definition) is 5. The summed E-state index contributed by atoms with van der Waals surface area (Å²) in [5.74, 6) is 1.97. The summed E-state index contributed by atoms with van der Waals surface area (Å²) in [7, 11) is 1.84. The molecule has 0 aliphatic rings. The van der Waals surface area contributed by atoms with Crippen molar-refractivity contribution in [1.82, 2.24) is 15.5 Å². The van der Waals surface area contributed by atoms with Gasteiger partial charge in [-0.25, -0.2) is 0 Å². The molecule has 0 saturated carbocycles. The minimum absolute atomic E-state index is 0.592. The third-order valence-electron chi connectivity index (χ3n) is 2.00. The number of halogens is 1. The minimum Gasteiger partial charge on any atom is -0.338 e. The summed E-state index contributed by atoms with van der Waals surface area (Å²) in [5, 5.41) is 7.59. The quantitative estimate of drug-likeness (QED) is 0.846. The Hall–Kier alpha value is -1.04. The summed E-state index contributed by atoms with van der Waals surface area (Å²) in [5.41, 5.74) is 0. The SMILES string of the molecule is CNCc1nc(CSc2cccc(Cl)c2)no1. The predicted octanol–water partition coefficient (Wildman–Crippen LogP) is 2.73. The Bertz CT molecular complexity index is 489. The number of benzene rings is 1. The van der Waals surface area contributed by atoms with E-state index >= 15 is 0 Å². The van der Waals surface area contributed by atoms with E-state index in [2.05, 4.69) is 15.5 Å². The number of thioether (sulfide) groups is 1. The summed E-state index contributed by atoms with van der Waals surface area (Å²) in [4.78, 5) is 5.34. The van der Waals surface area contributed by atoms with Crippen LogP contribution in [0.3, 0.4) is 0 Å². The van der Waals surface area contributed by atoms with Crippen molar-refractivity contribution in [3.05, 3.63) is 41.0 Å². The number of nitrogens with zero attached hydrogens (tertiary/aromatic N) is 2. The van der Waals surface area contributed by atoms with Crippen LogP contribution in [0.1, 0.15) is 11.7 Å². The van der Waals surface area contributed by atoms with Gasteiger partial charge in [-0.1, -0.05) is 22.8 Å². The molecule has 1 aromatic heterocycles. The zero-order valence-corrected chi connectivity index (χ0v) is 10.9. The standard InChI is InChI=1S/C11H12ClN3OS/c1-13-6-11-14-10(15-16-11)7-17-9-4-2-3-8(12)5-9/h2-5,13H,6-7H2,1H3. The van der Waals surface area contributed by atoms with Gasteiger partial charge in [0, 0.05) is 9.92 Å². The van der Waals surface area contributed by atoms with Crippen molar-refractivity contribution >= 4 is 23.4 Å². The first kappa shape index (κ1) is 12.4. The maximum absolute atomic E-state index is 5.90. The van der Waals surface area contributed by atoms with Gasteiger partial charge in [-0.2, -0.15) is 4.98 Å². The fourth-order valence-electron chi connectivity index (χ4n) is 1.28. The van der Waals surface area contributed by atoms with Crippen LogP contribution in [0, 0.1) is 0 Å². The van der Waals surface area contributed by atoms with Crippen molar-refractivity contribution in [2.45, 2.75) is 17.2 Å². The molecule has 6 heteroatoms. The first-order valence-corrected chi connectivity index (χ1v) is 6.48. The van der Waals surface area contributed by atoms with E-state index in [4.69, 9.17) is 16.1 Å². The third-order valence-corrected chi connectivity index (χ3v) is 3.23. The van der Waals surface area contributed by atoms with Gasteiger partial charge in [-0.05, 0) is 25.2 Å². The second kappa shape index (κ2) is 6.05. The highest BCUT2D eigenvalue weighted by atomic mass is 35.5. The molecule has 0 amide bonds. The molecule has 1 heterocycles. The van der Waals surface area contributed by atoms with Crippen molar-refractivity contribution in [2.24, 2.45) is 0 Å². The van der Waals surface area contributed by atoms with Crippen molar-refractivity contribution < 1.29 is 4.52 Å². The van der Waals surface area contributed by atoms with Crippen LogP contribution in [0.4, 0.5) is 0 Å². The highest BCUT2D eigenvalue weighted by Gasteiger charge is 2.05. The maximum Gasteiger partial charge on any atom is 0.240 e.